The van der Waals surface area contributed by atoms with Crippen LogP contribution in [0.25, 0.3) is 0 Å². The molecule has 3 atom stereocenters. The van der Waals surface area contributed by atoms with E-state index in [4.69, 9.17) is 9.84 Å². The van der Waals surface area contributed by atoms with Crippen LogP contribution < -0.4 is 0 Å². The molecular weight excluding hydrogens is 168 g/mol. The number of carboxylic acids is 1. The summed E-state index contributed by atoms with van der Waals surface area (Å²) in [5.74, 6) is -0.414. The predicted octanol–water partition coefficient (Wildman–Crippen LogP) is 1.91. The summed E-state index contributed by atoms with van der Waals surface area (Å²) in [5.41, 5.74) is 0. The quantitative estimate of drug-likeness (QED) is 0.732. The van der Waals surface area contributed by atoms with Crippen LogP contribution in [-0.2, 0) is 9.53 Å². The van der Waals surface area contributed by atoms with Crippen molar-refractivity contribution >= 4 is 5.97 Å². The SMILES string of the molecule is CCO[C@@H]1CC[C@@H](C(=O)O)C[C@@H]1C. The van der Waals surface area contributed by atoms with Gasteiger partial charge in [-0.3, -0.25) is 4.79 Å². The van der Waals surface area contributed by atoms with Crippen LogP contribution in [0.2, 0.25) is 0 Å². The molecule has 1 aliphatic rings. The van der Waals surface area contributed by atoms with Crippen molar-refractivity contribution in [1.82, 2.24) is 0 Å². The van der Waals surface area contributed by atoms with Gasteiger partial charge in [-0.15, -0.1) is 0 Å². The molecule has 0 heterocycles. The van der Waals surface area contributed by atoms with E-state index in [9.17, 15) is 4.79 Å². The van der Waals surface area contributed by atoms with E-state index in [2.05, 4.69) is 6.92 Å². The zero-order valence-electron chi connectivity index (χ0n) is 8.32. The van der Waals surface area contributed by atoms with Gasteiger partial charge in [0.1, 0.15) is 0 Å². The molecule has 1 saturated carbocycles. The molecule has 0 saturated heterocycles. The molecule has 76 valence electrons. The Bertz CT molecular complexity index is 179. The highest BCUT2D eigenvalue weighted by molar-refractivity contribution is 5.70. The minimum Gasteiger partial charge on any atom is -0.481 e. The Morgan fingerprint density at radius 2 is 2.23 bits per heavy atom. The zero-order chi connectivity index (χ0) is 9.84. The fraction of sp³-hybridized carbons (Fsp3) is 0.900. The number of ether oxygens (including phenoxy) is 1. The highest BCUT2D eigenvalue weighted by atomic mass is 16.5. The first kappa shape index (κ1) is 10.5. The number of carbonyl (C=O) groups is 1. The Kier molecular flexibility index (Phi) is 3.72. The number of carboxylic acid groups (broad SMARTS) is 1. The Balaban J connectivity index is 2.41. The first-order valence-electron chi connectivity index (χ1n) is 4.99. The van der Waals surface area contributed by atoms with Gasteiger partial charge < -0.3 is 9.84 Å². The number of hydrogen-bond donors (Lipinski definition) is 1. The molecule has 3 nitrogen and oxygen atoms in total. The van der Waals surface area contributed by atoms with E-state index < -0.39 is 5.97 Å². The maximum Gasteiger partial charge on any atom is 0.306 e. The van der Waals surface area contributed by atoms with Gasteiger partial charge in [-0.25, -0.2) is 0 Å². The topological polar surface area (TPSA) is 46.5 Å². The first-order valence-corrected chi connectivity index (χ1v) is 4.99. The van der Waals surface area contributed by atoms with Crippen LogP contribution in [0, 0.1) is 11.8 Å². The normalized spacial score (nSPS) is 34.5. The van der Waals surface area contributed by atoms with Crippen molar-refractivity contribution in [2.45, 2.75) is 39.2 Å². The standard InChI is InChI=1S/C10H18O3/c1-3-13-9-5-4-8(10(11)12)6-7(9)2/h7-9H,3-6H2,1-2H3,(H,11,12)/t7-,8+,9+/m0/s1. The maximum atomic E-state index is 10.7. The van der Waals surface area contributed by atoms with E-state index in [1.807, 2.05) is 6.92 Å². The molecule has 0 amide bonds. The van der Waals surface area contributed by atoms with Crippen LogP contribution >= 0.6 is 0 Å². The summed E-state index contributed by atoms with van der Waals surface area (Å²) in [7, 11) is 0. The summed E-state index contributed by atoms with van der Waals surface area (Å²) in [5, 5.41) is 8.83. The smallest absolute Gasteiger partial charge is 0.306 e. The summed E-state index contributed by atoms with van der Waals surface area (Å²) < 4.78 is 5.53. The number of rotatable bonds is 3. The Hall–Kier alpha value is -0.570. The summed E-state index contributed by atoms with van der Waals surface area (Å²) in [4.78, 5) is 10.7. The van der Waals surface area contributed by atoms with E-state index >= 15 is 0 Å². The molecule has 1 rings (SSSR count). The fourth-order valence-corrected chi connectivity index (χ4v) is 2.05. The third-order valence-electron chi connectivity index (χ3n) is 2.82. The lowest BCUT2D eigenvalue weighted by molar-refractivity contribution is -0.145. The molecule has 3 heteroatoms. The van der Waals surface area contributed by atoms with Gasteiger partial charge in [0.15, 0.2) is 0 Å². The van der Waals surface area contributed by atoms with Gasteiger partial charge in [0.2, 0.25) is 0 Å². The van der Waals surface area contributed by atoms with Crippen LogP contribution in [0.1, 0.15) is 33.1 Å². The molecule has 0 spiro atoms. The lowest BCUT2D eigenvalue weighted by Crippen LogP contribution is -2.32. The van der Waals surface area contributed by atoms with E-state index in [1.165, 1.54) is 0 Å². The second-order valence-electron chi connectivity index (χ2n) is 3.82. The average Bonchev–Trinajstić information content (AvgIpc) is 2.08. The minimum atomic E-state index is -0.651. The largest absolute Gasteiger partial charge is 0.481 e. The van der Waals surface area contributed by atoms with Crippen LogP contribution in [0.3, 0.4) is 0 Å². The molecular formula is C10H18O3. The molecule has 0 aromatic carbocycles. The fourth-order valence-electron chi connectivity index (χ4n) is 2.05. The summed E-state index contributed by atoms with van der Waals surface area (Å²) in [6, 6.07) is 0. The third-order valence-corrected chi connectivity index (χ3v) is 2.82. The van der Waals surface area contributed by atoms with E-state index in [1.54, 1.807) is 0 Å². The van der Waals surface area contributed by atoms with Gasteiger partial charge in [-0.05, 0) is 32.1 Å². The van der Waals surface area contributed by atoms with Crippen molar-refractivity contribution in [3.63, 3.8) is 0 Å². The second kappa shape index (κ2) is 4.61. The van der Waals surface area contributed by atoms with Crippen LogP contribution in [0.5, 0.6) is 0 Å². The molecule has 1 N–H and O–H groups in total. The summed E-state index contributed by atoms with van der Waals surface area (Å²) in [6.07, 6.45) is 2.71. The van der Waals surface area contributed by atoms with E-state index in [0.717, 1.165) is 25.9 Å². The average molecular weight is 186 g/mol. The summed E-state index contributed by atoms with van der Waals surface area (Å²) >= 11 is 0. The third kappa shape index (κ3) is 2.69. The van der Waals surface area contributed by atoms with Crippen LogP contribution in [-0.4, -0.2) is 23.8 Å². The van der Waals surface area contributed by atoms with E-state index in [0.29, 0.717) is 5.92 Å². The van der Waals surface area contributed by atoms with Gasteiger partial charge in [0, 0.05) is 6.61 Å². The molecule has 1 fully saturated rings. The molecule has 13 heavy (non-hydrogen) atoms. The van der Waals surface area contributed by atoms with Crippen molar-refractivity contribution in [1.29, 1.82) is 0 Å². The lowest BCUT2D eigenvalue weighted by Gasteiger charge is -2.31. The molecule has 0 radical (unpaired) electrons. The number of aliphatic carboxylic acids is 1. The molecule has 0 bridgehead atoms. The minimum absolute atomic E-state index is 0.147. The highest BCUT2D eigenvalue weighted by Gasteiger charge is 2.31. The first-order chi connectivity index (χ1) is 6.15. The lowest BCUT2D eigenvalue weighted by atomic mass is 9.80. The van der Waals surface area contributed by atoms with Gasteiger partial charge in [0.05, 0.1) is 12.0 Å². The molecule has 0 aromatic heterocycles. The van der Waals surface area contributed by atoms with E-state index in [-0.39, 0.29) is 12.0 Å². The maximum absolute atomic E-state index is 10.7. The van der Waals surface area contributed by atoms with Gasteiger partial charge in [-0.1, -0.05) is 6.92 Å². The van der Waals surface area contributed by atoms with Crippen molar-refractivity contribution in [2.75, 3.05) is 6.61 Å². The Morgan fingerprint density at radius 1 is 1.54 bits per heavy atom. The van der Waals surface area contributed by atoms with Crippen molar-refractivity contribution in [3.05, 3.63) is 0 Å². The Labute approximate surface area is 79.1 Å². The zero-order valence-corrected chi connectivity index (χ0v) is 8.32. The highest BCUT2D eigenvalue weighted by Crippen LogP contribution is 2.30. The molecule has 0 aromatic rings. The van der Waals surface area contributed by atoms with Crippen molar-refractivity contribution in [2.24, 2.45) is 11.8 Å². The van der Waals surface area contributed by atoms with Crippen molar-refractivity contribution in [3.8, 4) is 0 Å². The van der Waals surface area contributed by atoms with Gasteiger partial charge in [0.25, 0.3) is 0 Å². The number of hydrogen-bond acceptors (Lipinski definition) is 2. The monoisotopic (exact) mass is 186 g/mol. The predicted molar refractivity (Wildman–Crippen MR) is 49.6 cm³/mol. The summed E-state index contributed by atoms with van der Waals surface area (Å²) in [6.45, 7) is 4.79. The second-order valence-corrected chi connectivity index (χ2v) is 3.82. The van der Waals surface area contributed by atoms with Gasteiger partial charge >= 0.3 is 5.97 Å². The van der Waals surface area contributed by atoms with Crippen LogP contribution in [0.15, 0.2) is 0 Å². The van der Waals surface area contributed by atoms with Crippen molar-refractivity contribution < 1.29 is 14.6 Å². The molecule has 1 aliphatic carbocycles. The molecule has 0 unspecified atom stereocenters. The Morgan fingerprint density at radius 3 is 2.69 bits per heavy atom. The van der Waals surface area contributed by atoms with Gasteiger partial charge in [-0.2, -0.15) is 0 Å². The van der Waals surface area contributed by atoms with Crippen LogP contribution in [0.4, 0.5) is 0 Å². The molecule has 0 aliphatic heterocycles.